The number of nitrogens with zero attached hydrogens (tertiary/aromatic N) is 1. The summed E-state index contributed by atoms with van der Waals surface area (Å²) in [7, 11) is 3.38. The Hall–Kier alpha value is -1.72. The summed E-state index contributed by atoms with van der Waals surface area (Å²) < 4.78 is 16.9. The molecule has 1 aromatic rings. The molecule has 0 aromatic heterocycles. The lowest BCUT2D eigenvalue weighted by molar-refractivity contribution is -0.142. The van der Waals surface area contributed by atoms with Gasteiger partial charge in [-0.25, -0.2) is 0 Å². The molecule has 2 aliphatic heterocycles. The standard InChI is InChI=1S/C18H25NO4/c1-18(2)11-22-17(23-12-18)14-9-16(19(10-14)21-4)13-5-7-15(20-3)8-6-13/h5-8,16H,9-12H2,1-4H3. The number of hydrogen-bond acceptors (Lipinski definition) is 5. The Bertz CT molecular complexity index is 567. The molecule has 23 heavy (non-hydrogen) atoms. The summed E-state index contributed by atoms with van der Waals surface area (Å²) in [5, 5.41) is 1.97. The van der Waals surface area contributed by atoms with E-state index in [1.54, 1.807) is 14.2 Å². The van der Waals surface area contributed by atoms with Crippen molar-refractivity contribution in [3.8, 4) is 5.75 Å². The van der Waals surface area contributed by atoms with E-state index < -0.39 is 0 Å². The summed E-state index contributed by atoms with van der Waals surface area (Å²) in [5.41, 5.74) is 2.42. The van der Waals surface area contributed by atoms with E-state index in [1.165, 1.54) is 5.56 Å². The van der Waals surface area contributed by atoms with E-state index in [0.717, 1.165) is 17.7 Å². The van der Waals surface area contributed by atoms with Crippen LogP contribution in [0.5, 0.6) is 5.75 Å². The second kappa shape index (κ2) is 6.42. The quantitative estimate of drug-likeness (QED) is 0.855. The molecule has 2 saturated heterocycles. The Labute approximate surface area is 137 Å². The normalized spacial score (nSPS) is 24.3. The van der Waals surface area contributed by atoms with Crippen LogP contribution in [0.15, 0.2) is 35.8 Å². The second-order valence-corrected chi connectivity index (χ2v) is 6.88. The van der Waals surface area contributed by atoms with Crippen molar-refractivity contribution in [1.82, 2.24) is 5.06 Å². The van der Waals surface area contributed by atoms with Gasteiger partial charge in [0.1, 0.15) is 5.75 Å². The van der Waals surface area contributed by atoms with Crippen molar-refractivity contribution in [1.29, 1.82) is 0 Å². The van der Waals surface area contributed by atoms with Crippen molar-refractivity contribution in [2.24, 2.45) is 5.41 Å². The first-order valence-electron chi connectivity index (χ1n) is 7.95. The lowest BCUT2D eigenvalue weighted by Crippen LogP contribution is -2.31. The fraction of sp³-hybridized carbons (Fsp3) is 0.556. The average molecular weight is 319 g/mol. The van der Waals surface area contributed by atoms with Crippen molar-refractivity contribution in [2.75, 3.05) is 34.0 Å². The molecule has 1 unspecified atom stereocenters. The van der Waals surface area contributed by atoms with E-state index in [1.807, 2.05) is 17.2 Å². The van der Waals surface area contributed by atoms with E-state index in [-0.39, 0.29) is 11.5 Å². The molecule has 0 aliphatic carbocycles. The Kier molecular flexibility index (Phi) is 4.50. The maximum absolute atomic E-state index is 5.85. The van der Waals surface area contributed by atoms with Crippen LogP contribution in [0.1, 0.15) is 31.9 Å². The maximum atomic E-state index is 5.85. The molecule has 5 nitrogen and oxygen atoms in total. The van der Waals surface area contributed by atoms with Gasteiger partial charge in [-0.15, -0.1) is 0 Å². The summed E-state index contributed by atoms with van der Waals surface area (Å²) in [6.45, 7) is 6.36. The minimum Gasteiger partial charge on any atom is -0.497 e. The predicted octanol–water partition coefficient (Wildman–Crippen LogP) is 3.29. The van der Waals surface area contributed by atoms with E-state index in [2.05, 4.69) is 26.0 Å². The second-order valence-electron chi connectivity index (χ2n) is 6.88. The number of rotatable bonds is 3. The SMILES string of the molecule is COc1ccc(C2CC(=C3OCC(C)(C)CO3)CN2OC)cc1. The highest BCUT2D eigenvalue weighted by molar-refractivity contribution is 5.31. The van der Waals surface area contributed by atoms with Gasteiger partial charge in [0.25, 0.3) is 5.95 Å². The van der Waals surface area contributed by atoms with Gasteiger partial charge in [-0.1, -0.05) is 26.0 Å². The predicted molar refractivity (Wildman–Crippen MR) is 86.8 cm³/mol. The van der Waals surface area contributed by atoms with Crippen LogP contribution < -0.4 is 4.74 Å². The fourth-order valence-corrected chi connectivity index (χ4v) is 2.96. The van der Waals surface area contributed by atoms with Gasteiger partial charge in [-0.2, -0.15) is 5.06 Å². The molecular weight excluding hydrogens is 294 g/mol. The highest BCUT2D eigenvalue weighted by atomic mass is 16.7. The molecule has 126 valence electrons. The van der Waals surface area contributed by atoms with Gasteiger partial charge in [0, 0.05) is 11.0 Å². The van der Waals surface area contributed by atoms with Crippen molar-refractivity contribution in [3.63, 3.8) is 0 Å². The maximum Gasteiger partial charge on any atom is 0.279 e. The van der Waals surface area contributed by atoms with E-state index in [0.29, 0.717) is 25.7 Å². The number of methoxy groups -OCH3 is 1. The molecule has 5 heteroatoms. The Morgan fingerprint density at radius 2 is 1.74 bits per heavy atom. The van der Waals surface area contributed by atoms with Crippen molar-refractivity contribution < 1.29 is 19.0 Å². The molecule has 0 N–H and O–H groups in total. The smallest absolute Gasteiger partial charge is 0.279 e. The van der Waals surface area contributed by atoms with Crippen LogP contribution >= 0.6 is 0 Å². The molecule has 0 radical (unpaired) electrons. The van der Waals surface area contributed by atoms with Crippen molar-refractivity contribution in [2.45, 2.75) is 26.3 Å². The molecule has 2 heterocycles. The molecular formula is C18H25NO4. The third-order valence-corrected chi connectivity index (χ3v) is 4.35. The van der Waals surface area contributed by atoms with Crippen LogP contribution in [0, 0.1) is 5.41 Å². The highest BCUT2D eigenvalue weighted by Gasteiger charge is 2.35. The first kappa shape index (κ1) is 16.1. The van der Waals surface area contributed by atoms with Crippen LogP contribution in [0.4, 0.5) is 0 Å². The van der Waals surface area contributed by atoms with Crippen LogP contribution in [-0.4, -0.2) is 39.0 Å². The van der Waals surface area contributed by atoms with Crippen LogP contribution in [0.3, 0.4) is 0 Å². The number of hydrogen-bond donors (Lipinski definition) is 0. The van der Waals surface area contributed by atoms with Crippen molar-refractivity contribution >= 4 is 0 Å². The summed E-state index contributed by atoms with van der Waals surface area (Å²) in [6.07, 6.45) is 0.843. The van der Waals surface area contributed by atoms with E-state index in [9.17, 15) is 0 Å². The molecule has 2 aliphatic rings. The number of benzene rings is 1. The third kappa shape index (κ3) is 3.46. The van der Waals surface area contributed by atoms with Gasteiger partial charge in [0.15, 0.2) is 0 Å². The van der Waals surface area contributed by atoms with E-state index >= 15 is 0 Å². The topological polar surface area (TPSA) is 40.2 Å². The zero-order chi connectivity index (χ0) is 16.4. The third-order valence-electron chi connectivity index (χ3n) is 4.35. The number of ether oxygens (including phenoxy) is 3. The monoisotopic (exact) mass is 319 g/mol. The molecule has 0 bridgehead atoms. The Morgan fingerprint density at radius 1 is 1.09 bits per heavy atom. The zero-order valence-electron chi connectivity index (χ0n) is 14.3. The molecule has 1 atom stereocenters. The first-order chi connectivity index (χ1) is 11.0. The van der Waals surface area contributed by atoms with Gasteiger partial charge in [0.2, 0.25) is 0 Å². The summed E-state index contributed by atoms with van der Waals surface area (Å²) >= 11 is 0. The van der Waals surface area contributed by atoms with Gasteiger partial charge in [0.05, 0.1) is 40.0 Å². The fourth-order valence-electron chi connectivity index (χ4n) is 2.96. The summed E-state index contributed by atoms with van der Waals surface area (Å²) in [5.74, 6) is 1.54. The lowest BCUT2D eigenvalue weighted by Gasteiger charge is -2.32. The minimum atomic E-state index is 0.0684. The summed E-state index contributed by atoms with van der Waals surface area (Å²) in [6, 6.07) is 8.27. The van der Waals surface area contributed by atoms with E-state index in [4.69, 9.17) is 19.0 Å². The Morgan fingerprint density at radius 3 is 2.30 bits per heavy atom. The van der Waals surface area contributed by atoms with Gasteiger partial charge in [-0.05, 0) is 24.1 Å². The minimum absolute atomic E-state index is 0.0684. The molecule has 0 amide bonds. The average Bonchev–Trinajstić information content (AvgIpc) is 2.99. The zero-order valence-corrected chi connectivity index (χ0v) is 14.3. The molecule has 0 spiro atoms. The molecule has 0 saturated carbocycles. The van der Waals surface area contributed by atoms with Crippen LogP contribution in [-0.2, 0) is 14.3 Å². The molecule has 2 fully saturated rings. The Balaban J connectivity index is 1.77. The van der Waals surface area contributed by atoms with Crippen LogP contribution in [0.2, 0.25) is 0 Å². The van der Waals surface area contributed by atoms with Crippen molar-refractivity contribution in [3.05, 3.63) is 41.3 Å². The largest absolute Gasteiger partial charge is 0.497 e. The summed E-state index contributed by atoms with van der Waals surface area (Å²) in [4.78, 5) is 5.55. The van der Waals surface area contributed by atoms with Crippen LogP contribution in [0.25, 0.3) is 0 Å². The van der Waals surface area contributed by atoms with Gasteiger partial charge < -0.3 is 19.0 Å². The van der Waals surface area contributed by atoms with Gasteiger partial charge in [-0.3, -0.25) is 0 Å². The first-order valence-corrected chi connectivity index (χ1v) is 7.95. The highest BCUT2D eigenvalue weighted by Crippen LogP contribution is 2.38. The number of hydroxylamine groups is 2. The lowest BCUT2D eigenvalue weighted by atomic mass is 9.95. The molecule has 1 aromatic carbocycles. The van der Waals surface area contributed by atoms with Gasteiger partial charge >= 0.3 is 0 Å². The molecule has 3 rings (SSSR count).